The lowest BCUT2D eigenvalue weighted by molar-refractivity contribution is -0.134. The number of rotatable bonds is 2. The van der Waals surface area contributed by atoms with Crippen molar-refractivity contribution in [2.45, 2.75) is 6.54 Å². The maximum atomic E-state index is 11.5. The minimum atomic E-state index is -1.19. The Morgan fingerprint density at radius 3 is 3.00 bits per heavy atom. The summed E-state index contributed by atoms with van der Waals surface area (Å²) in [6.45, 7) is 0.265. The van der Waals surface area contributed by atoms with Crippen LogP contribution in [0.1, 0.15) is 5.56 Å². The molecule has 0 bridgehead atoms. The van der Waals surface area contributed by atoms with E-state index >= 15 is 0 Å². The van der Waals surface area contributed by atoms with Gasteiger partial charge in [-0.2, -0.15) is 0 Å². The van der Waals surface area contributed by atoms with Gasteiger partial charge in [0, 0.05) is 5.56 Å². The van der Waals surface area contributed by atoms with E-state index in [0.29, 0.717) is 23.7 Å². The Hall–Kier alpha value is -2.35. The van der Waals surface area contributed by atoms with Crippen molar-refractivity contribution in [1.29, 1.82) is 0 Å². The second-order valence-corrected chi connectivity index (χ2v) is 3.94. The third-order valence-electron chi connectivity index (χ3n) is 2.63. The number of ether oxygens (including phenoxy) is 1. The molecule has 8 heteroatoms. The van der Waals surface area contributed by atoms with Gasteiger partial charge >= 0.3 is 6.09 Å². The Labute approximate surface area is 108 Å². The van der Waals surface area contributed by atoms with Crippen molar-refractivity contribution in [2.24, 2.45) is 0 Å². The first-order chi connectivity index (χ1) is 9.10. The Morgan fingerprint density at radius 1 is 1.53 bits per heavy atom. The van der Waals surface area contributed by atoms with Crippen molar-refractivity contribution in [1.82, 2.24) is 9.88 Å². The van der Waals surface area contributed by atoms with Gasteiger partial charge in [0.1, 0.15) is 13.2 Å². The molecule has 102 valence electrons. The summed E-state index contributed by atoms with van der Waals surface area (Å²) in [6, 6.07) is 1.55. The number of hydrogen-bond acceptors (Lipinski definition) is 5. The number of carbonyl (C=O) groups is 2. The molecule has 2 heterocycles. The number of aliphatic hydroxyl groups excluding tert-OH is 1. The zero-order chi connectivity index (χ0) is 13.8. The minimum absolute atomic E-state index is 0.219. The van der Waals surface area contributed by atoms with Crippen LogP contribution >= 0.6 is 0 Å². The molecule has 0 saturated carbocycles. The Morgan fingerprint density at radius 2 is 2.32 bits per heavy atom. The van der Waals surface area contributed by atoms with Crippen LogP contribution in [-0.4, -0.2) is 51.9 Å². The van der Waals surface area contributed by atoms with Gasteiger partial charge in [0.25, 0.3) is 0 Å². The van der Waals surface area contributed by atoms with Crippen molar-refractivity contribution >= 4 is 17.7 Å². The number of amides is 2. The quantitative estimate of drug-likeness (QED) is 0.689. The molecule has 1 aromatic heterocycles. The summed E-state index contributed by atoms with van der Waals surface area (Å²) in [4.78, 5) is 27.5. The summed E-state index contributed by atoms with van der Waals surface area (Å²) in [5.41, 5.74) is 0.888. The highest BCUT2D eigenvalue weighted by molar-refractivity contribution is 5.82. The number of anilines is 1. The molecule has 19 heavy (non-hydrogen) atoms. The van der Waals surface area contributed by atoms with Gasteiger partial charge in [0.2, 0.25) is 11.8 Å². The van der Waals surface area contributed by atoms with E-state index in [1.807, 2.05) is 0 Å². The Balaban J connectivity index is 2.23. The number of nitrogens with one attached hydrogen (secondary N) is 1. The fourth-order valence-electron chi connectivity index (χ4n) is 1.78. The molecule has 0 aromatic carbocycles. The van der Waals surface area contributed by atoms with Crippen LogP contribution in [0.4, 0.5) is 10.5 Å². The van der Waals surface area contributed by atoms with E-state index in [-0.39, 0.29) is 13.2 Å². The molecular formula is C11H13N3O5. The lowest BCUT2D eigenvalue weighted by Gasteiger charge is -2.18. The van der Waals surface area contributed by atoms with Crippen LogP contribution in [0.2, 0.25) is 0 Å². The van der Waals surface area contributed by atoms with Crippen LogP contribution in [-0.2, 0) is 11.3 Å². The van der Waals surface area contributed by atoms with Gasteiger partial charge in [-0.3, -0.25) is 10.1 Å². The zero-order valence-electron chi connectivity index (χ0n) is 10.00. The van der Waals surface area contributed by atoms with E-state index in [0.717, 1.165) is 0 Å². The average molecular weight is 267 g/mol. The Bertz CT molecular complexity index is 505. The SMILES string of the molecule is O=C(O)Nc1cnc2c(c1)CN(C(=O)CO)CCO2. The third-order valence-corrected chi connectivity index (χ3v) is 2.63. The van der Waals surface area contributed by atoms with E-state index in [2.05, 4.69) is 10.3 Å². The molecule has 0 saturated heterocycles. The van der Waals surface area contributed by atoms with Crippen LogP contribution in [0.3, 0.4) is 0 Å². The summed E-state index contributed by atoms with van der Waals surface area (Å²) < 4.78 is 5.37. The van der Waals surface area contributed by atoms with Crippen LogP contribution in [0.25, 0.3) is 0 Å². The predicted molar refractivity (Wildman–Crippen MR) is 63.9 cm³/mol. The van der Waals surface area contributed by atoms with E-state index in [1.54, 1.807) is 6.07 Å². The lowest BCUT2D eigenvalue weighted by atomic mass is 10.2. The van der Waals surface area contributed by atoms with E-state index < -0.39 is 18.6 Å². The number of carboxylic acid groups (broad SMARTS) is 1. The van der Waals surface area contributed by atoms with Gasteiger partial charge in [-0.25, -0.2) is 9.78 Å². The number of carbonyl (C=O) groups excluding carboxylic acids is 1. The molecule has 1 aromatic rings. The number of aromatic nitrogens is 1. The number of fused-ring (bicyclic) bond motifs is 1. The number of pyridine rings is 1. The van der Waals surface area contributed by atoms with E-state index in [4.69, 9.17) is 14.9 Å². The molecule has 2 rings (SSSR count). The van der Waals surface area contributed by atoms with Gasteiger partial charge < -0.3 is 19.8 Å². The molecule has 0 atom stereocenters. The topological polar surface area (TPSA) is 112 Å². The first kappa shape index (κ1) is 13.1. The van der Waals surface area contributed by atoms with Gasteiger partial charge in [0.15, 0.2) is 0 Å². The van der Waals surface area contributed by atoms with Crippen molar-refractivity contribution in [3.05, 3.63) is 17.8 Å². The number of hydrogen-bond donors (Lipinski definition) is 3. The predicted octanol–water partition coefficient (Wildman–Crippen LogP) is -0.115. The highest BCUT2D eigenvalue weighted by Crippen LogP contribution is 2.23. The molecule has 1 aliphatic rings. The van der Waals surface area contributed by atoms with E-state index in [9.17, 15) is 9.59 Å². The molecule has 0 unspecified atom stereocenters. The van der Waals surface area contributed by atoms with Crippen LogP contribution < -0.4 is 10.1 Å². The largest absolute Gasteiger partial charge is 0.476 e. The maximum Gasteiger partial charge on any atom is 0.409 e. The first-order valence-electron chi connectivity index (χ1n) is 5.60. The second kappa shape index (κ2) is 5.53. The standard InChI is InChI=1S/C11H13N3O5/c15-6-9(16)14-1-2-19-10-7(5-14)3-8(4-12-10)13-11(17)18/h3-4,13,15H,1-2,5-6H2,(H,17,18). The first-order valence-corrected chi connectivity index (χ1v) is 5.60. The fraction of sp³-hybridized carbons (Fsp3) is 0.364. The fourth-order valence-corrected chi connectivity index (χ4v) is 1.78. The zero-order valence-corrected chi connectivity index (χ0v) is 10.00. The molecule has 8 nitrogen and oxygen atoms in total. The molecule has 0 fully saturated rings. The summed E-state index contributed by atoms with van der Waals surface area (Å²) in [7, 11) is 0. The van der Waals surface area contributed by atoms with Gasteiger partial charge in [-0.1, -0.05) is 0 Å². The minimum Gasteiger partial charge on any atom is -0.476 e. The molecule has 0 radical (unpaired) electrons. The van der Waals surface area contributed by atoms with Crippen molar-refractivity contribution in [3.63, 3.8) is 0 Å². The molecule has 3 N–H and O–H groups in total. The van der Waals surface area contributed by atoms with Gasteiger partial charge in [-0.15, -0.1) is 0 Å². The molecule has 2 amide bonds. The van der Waals surface area contributed by atoms with Crippen molar-refractivity contribution < 1.29 is 24.5 Å². The Kier molecular flexibility index (Phi) is 3.81. The normalized spacial score (nSPS) is 14.1. The molecule has 0 aliphatic carbocycles. The highest BCUT2D eigenvalue weighted by atomic mass is 16.5. The average Bonchev–Trinajstić information content (AvgIpc) is 2.58. The lowest BCUT2D eigenvalue weighted by Crippen LogP contribution is -2.34. The monoisotopic (exact) mass is 267 g/mol. The molecule has 1 aliphatic heterocycles. The van der Waals surface area contributed by atoms with Gasteiger partial charge in [-0.05, 0) is 6.07 Å². The second-order valence-electron chi connectivity index (χ2n) is 3.94. The van der Waals surface area contributed by atoms with Crippen LogP contribution in [0, 0.1) is 0 Å². The third kappa shape index (κ3) is 3.10. The maximum absolute atomic E-state index is 11.5. The smallest absolute Gasteiger partial charge is 0.409 e. The summed E-state index contributed by atoms with van der Waals surface area (Å²) in [5.74, 6) is -0.0442. The summed E-state index contributed by atoms with van der Waals surface area (Å²) >= 11 is 0. The van der Waals surface area contributed by atoms with Crippen LogP contribution in [0.5, 0.6) is 5.88 Å². The number of aliphatic hydroxyl groups is 1. The van der Waals surface area contributed by atoms with Crippen molar-refractivity contribution in [3.8, 4) is 5.88 Å². The highest BCUT2D eigenvalue weighted by Gasteiger charge is 2.20. The van der Waals surface area contributed by atoms with Crippen molar-refractivity contribution in [2.75, 3.05) is 25.1 Å². The summed E-state index contributed by atoms with van der Waals surface area (Å²) in [5, 5.41) is 19.7. The molecule has 0 spiro atoms. The molecular weight excluding hydrogens is 254 g/mol. The summed E-state index contributed by atoms with van der Waals surface area (Å²) in [6.07, 6.45) is 0.149. The van der Waals surface area contributed by atoms with Gasteiger partial charge in [0.05, 0.1) is 25.0 Å². The number of nitrogens with zero attached hydrogens (tertiary/aromatic N) is 2. The van der Waals surface area contributed by atoms with Crippen LogP contribution in [0.15, 0.2) is 12.3 Å². The van der Waals surface area contributed by atoms with E-state index in [1.165, 1.54) is 11.1 Å².